The monoisotopic (exact) mass is 1370 g/mol. The van der Waals surface area contributed by atoms with Crippen molar-refractivity contribution in [3.63, 3.8) is 0 Å². The number of benzene rings is 14. The summed E-state index contributed by atoms with van der Waals surface area (Å²) in [6, 6.07) is 133. The Morgan fingerprint density at radius 1 is 0.157 bits per heavy atom. The van der Waals surface area contributed by atoms with Gasteiger partial charge in [-0.05, 0) is 204 Å². The summed E-state index contributed by atoms with van der Waals surface area (Å²) in [5, 5.41) is 12.9. The molecular formula is C102H66N6. The maximum atomic E-state index is 4.99. The van der Waals surface area contributed by atoms with Crippen LogP contribution in [0.2, 0.25) is 0 Å². The zero-order valence-corrected chi connectivity index (χ0v) is 58.8. The molecule has 14 aromatic carbocycles. The molecule has 20 aromatic rings. The van der Waals surface area contributed by atoms with Crippen molar-refractivity contribution in [2.24, 2.45) is 0 Å². The van der Waals surface area contributed by atoms with Gasteiger partial charge in [0.05, 0.1) is 45.6 Å². The number of aromatic nitrogens is 6. The molecule has 108 heavy (non-hydrogen) atoms. The number of rotatable bonds is 13. The molecule has 0 aliphatic heterocycles. The van der Waals surface area contributed by atoms with E-state index in [0.29, 0.717) is 0 Å². The van der Waals surface area contributed by atoms with Gasteiger partial charge in [-0.2, -0.15) is 0 Å². The number of fused-ring (bicyclic) bond motifs is 2. The van der Waals surface area contributed by atoms with Crippen LogP contribution in [0, 0.1) is 0 Å². The third-order valence-corrected chi connectivity index (χ3v) is 20.8. The van der Waals surface area contributed by atoms with E-state index in [1.807, 2.05) is 60.9 Å². The molecule has 0 spiro atoms. The molecule has 6 heteroatoms. The zero-order valence-electron chi connectivity index (χ0n) is 58.8. The lowest BCUT2D eigenvalue weighted by molar-refractivity contribution is 1.22. The predicted octanol–water partition coefficient (Wildman–Crippen LogP) is 26.6. The Kier molecular flexibility index (Phi) is 16.9. The maximum absolute atomic E-state index is 4.99. The average Bonchev–Trinajstić information content (AvgIpc) is 0.741. The van der Waals surface area contributed by atoms with E-state index < -0.39 is 0 Å². The molecule has 504 valence electrons. The first-order chi connectivity index (χ1) is 53.5. The molecule has 20 rings (SSSR count). The molecule has 0 atom stereocenters. The summed E-state index contributed by atoms with van der Waals surface area (Å²) >= 11 is 0. The van der Waals surface area contributed by atoms with Gasteiger partial charge in [0.15, 0.2) is 0 Å². The maximum Gasteiger partial charge on any atom is 0.0900 e. The second-order valence-corrected chi connectivity index (χ2v) is 27.3. The van der Waals surface area contributed by atoms with Crippen molar-refractivity contribution < 1.29 is 0 Å². The van der Waals surface area contributed by atoms with Crippen LogP contribution in [-0.4, -0.2) is 29.9 Å². The lowest BCUT2D eigenvalue weighted by Crippen LogP contribution is -1.94. The van der Waals surface area contributed by atoms with Crippen molar-refractivity contribution in [3.8, 4) is 146 Å². The number of hydrogen-bond donors (Lipinski definition) is 0. The van der Waals surface area contributed by atoms with Gasteiger partial charge < -0.3 is 0 Å². The van der Waals surface area contributed by atoms with Gasteiger partial charge in [-0.1, -0.05) is 315 Å². The quantitative estimate of drug-likeness (QED) is 0.0846. The first-order valence-corrected chi connectivity index (χ1v) is 36.5. The molecule has 0 aliphatic rings. The fourth-order valence-electron chi connectivity index (χ4n) is 15.4. The minimum Gasteiger partial charge on any atom is -0.255 e. The summed E-state index contributed by atoms with van der Waals surface area (Å²) in [5.41, 5.74) is 27.5. The third kappa shape index (κ3) is 12.5. The highest BCUT2D eigenvalue weighted by Crippen LogP contribution is 2.45. The lowest BCUT2D eigenvalue weighted by Gasteiger charge is -2.18. The van der Waals surface area contributed by atoms with Gasteiger partial charge in [-0.15, -0.1) is 0 Å². The SMILES string of the molecule is c1ccc(-c2cc(-c3ccccn3)nc(-c3ccc(-c4ccc(-c5ccc(-c6c7ccccc7c(-c7ccccc7)c7ccccc67)cc5)cc4)cn3)c2)cc1.c1ccc(-c2cc(-c3ccccn3)nc(-c3ccc(-c4ccc(-c5ccc(-c6ccc7ccc8cccc9ccc6c7c89)cc5)cc4)cn3)c2)cc1. The molecule has 6 nitrogen and oxygen atoms in total. The Morgan fingerprint density at radius 3 is 0.852 bits per heavy atom. The lowest BCUT2D eigenvalue weighted by atomic mass is 9.86. The summed E-state index contributed by atoms with van der Waals surface area (Å²) in [4.78, 5) is 28.9. The highest BCUT2D eigenvalue weighted by molar-refractivity contribution is 6.26. The zero-order chi connectivity index (χ0) is 71.7. The van der Waals surface area contributed by atoms with Crippen LogP contribution in [0.1, 0.15) is 0 Å². The molecule has 0 amide bonds. The van der Waals surface area contributed by atoms with Gasteiger partial charge in [0.25, 0.3) is 0 Å². The molecule has 0 saturated carbocycles. The summed E-state index contributed by atoms with van der Waals surface area (Å²) in [6.45, 7) is 0. The normalized spacial score (nSPS) is 11.3. The summed E-state index contributed by atoms with van der Waals surface area (Å²) in [7, 11) is 0. The molecule has 6 heterocycles. The average molecular weight is 1380 g/mol. The van der Waals surface area contributed by atoms with Gasteiger partial charge >= 0.3 is 0 Å². The Morgan fingerprint density at radius 2 is 0.463 bits per heavy atom. The van der Waals surface area contributed by atoms with Crippen LogP contribution >= 0.6 is 0 Å². The second kappa shape index (κ2) is 28.3. The van der Waals surface area contributed by atoms with Crippen molar-refractivity contribution >= 4 is 53.9 Å². The fourth-order valence-corrected chi connectivity index (χ4v) is 15.4. The Balaban J connectivity index is 0.000000147. The van der Waals surface area contributed by atoms with Gasteiger partial charge in [0.1, 0.15) is 0 Å². The highest BCUT2D eigenvalue weighted by Gasteiger charge is 2.19. The van der Waals surface area contributed by atoms with Gasteiger partial charge in [0, 0.05) is 35.9 Å². The van der Waals surface area contributed by atoms with Crippen LogP contribution in [0.25, 0.3) is 200 Å². The predicted molar refractivity (Wildman–Crippen MR) is 449 cm³/mol. The minimum absolute atomic E-state index is 0.811. The molecular weight excluding hydrogens is 1310 g/mol. The molecule has 6 aromatic heterocycles. The number of hydrogen-bond acceptors (Lipinski definition) is 6. The Hall–Kier alpha value is -14.5. The second-order valence-electron chi connectivity index (χ2n) is 27.3. The van der Waals surface area contributed by atoms with E-state index in [-0.39, 0.29) is 0 Å². The van der Waals surface area contributed by atoms with Crippen molar-refractivity contribution in [2.75, 3.05) is 0 Å². The van der Waals surface area contributed by atoms with Gasteiger partial charge in [-0.3, -0.25) is 19.9 Å². The molecule has 0 aliphatic carbocycles. The molecule has 0 radical (unpaired) electrons. The third-order valence-electron chi connectivity index (χ3n) is 20.8. The van der Waals surface area contributed by atoms with Gasteiger partial charge in [-0.25, -0.2) is 9.97 Å². The molecule has 0 fully saturated rings. The Bertz CT molecular complexity index is 6430. The van der Waals surface area contributed by atoms with Crippen molar-refractivity contribution in [3.05, 3.63) is 401 Å². The first kappa shape index (κ1) is 64.4. The standard InChI is InChI=1S/C53H35N3.C49H31N3/c1-3-13-36(14-4-1)43-33-50(48-21-11-12-32-54-48)56-51(34-43)49-31-30-42(35-55-49)39-24-22-37(23-25-39)38-26-28-41(29-27-38)53-46-19-9-7-17-44(46)52(40-15-5-2-6-16-40)45-18-8-10-20-47(45)53;1-2-7-32(8-3-1)41-29-46(44-11-4-5-28-50-44)52-47(30-41)45-27-24-40(31-51-45)35-14-12-33(13-15-35)34-16-18-36(19-17-34)42-25-22-39-21-20-37-9-6-10-38-23-26-43(42)49(39)48(37)38/h1-35H;1-31H. The largest absolute Gasteiger partial charge is 0.255 e. The van der Waals surface area contributed by atoms with E-state index in [1.54, 1.807) is 12.4 Å². The van der Waals surface area contributed by atoms with Gasteiger partial charge in [0.2, 0.25) is 0 Å². The minimum atomic E-state index is 0.811. The van der Waals surface area contributed by atoms with Crippen molar-refractivity contribution in [1.29, 1.82) is 0 Å². The highest BCUT2D eigenvalue weighted by atomic mass is 14.8. The van der Waals surface area contributed by atoms with E-state index in [4.69, 9.17) is 19.9 Å². The first-order valence-electron chi connectivity index (χ1n) is 36.5. The van der Waals surface area contributed by atoms with Crippen molar-refractivity contribution in [2.45, 2.75) is 0 Å². The van der Waals surface area contributed by atoms with Crippen LogP contribution in [0.4, 0.5) is 0 Å². The summed E-state index contributed by atoms with van der Waals surface area (Å²) in [5.74, 6) is 0. The smallest absolute Gasteiger partial charge is 0.0900 e. The van der Waals surface area contributed by atoms with E-state index in [1.165, 1.54) is 109 Å². The van der Waals surface area contributed by atoms with Crippen molar-refractivity contribution in [1.82, 2.24) is 29.9 Å². The number of pyridine rings is 6. The molecule has 0 unspecified atom stereocenters. The van der Waals surface area contributed by atoms with E-state index >= 15 is 0 Å². The molecule has 0 bridgehead atoms. The van der Waals surface area contributed by atoms with E-state index in [9.17, 15) is 0 Å². The summed E-state index contributed by atoms with van der Waals surface area (Å²) < 4.78 is 0. The molecule has 0 saturated heterocycles. The van der Waals surface area contributed by atoms with Crippen LogP contribution < -0.4 is 0 Å². The van der Waals surface area contributed by atoms with E-state index in [2.05, 4.69) is 338 Å². The van der Waals surface area contributed by atoms with Crippen LogP contribution in [-0.2, 0) is 0 Å². The molecule has 0 N–H and O–H groups in total. The fraction of sp³-hybridized carbons (Fsp3) is 0. The van der Waals surface area contributed by atoms with E-state index in [0.717, 1.165) is 90.1 Å². The van der Waals surface area contributed by atoms with Crippen LogP contribution in [0.15, 0.2) is 401 Å². The van der Waals surface area contributed by atoms with Crippen LogP contribution in [0.3, 0.4) is 0 Å². The van der Waals surface area contributed by atoms with Crippen LogP contribution in [0.5, 0.6) is 0 Å². The number of nitrogens with zero attached hydrogens (tertiary/aromatic N) is 6. The summed E-state index contributed by atoms with van der Waals surface area (Å²) in [6.07, 6.45) is 7.48. The Labute approximate surface area is 626 Å². The topological polar surface area (TPSA) is 77.3 Å².